The lowest BCUT2D eigenvalue weighted by Gasteiger charge is -2.26. The van der Waals surface area contributed by atoms with E-state index in [9.17, 15) is 9.59 Å². The fourth-order valence-corrected chi connectivity index (χ4v) is 2.61. The highest BCUT2D eigenvalue weighted by atomic mass is 35.5. The highest BCUT2D eigenvalue weighted by Gasteiger charge is 2.26. The van der Waals surface area contributed by atoms with Gasteiger partial charge in [-0.15, -0.1) is 0 Å². The first-order valence-corrected chi connectivity index (χ1v) is 6.75. The number of esters is 1. The van der Waals surface area contributed by atoms with Crippen molar-refractivity contribution < 1.29 is 9.53 Å². The van der Waals surface area contributed by atoms with E-state index in [0.29, 0.717) is 12.2 Å². The highest BCUT2D eigenvalue weighted by molar-refractivity contribution is 6.33. The van der Waals surface area contributed by atoms with Crippen molar-refractivity contribution in [2.45, 2.75) is 25.4 Å². The van der Waals surface area contributed by atoms with Crippen LogP contribution in [0.5, 0.6) is 0 Å². The summed E-state index contributed by atoms with van der Waals surface area (Å²) in [7, 11) is 1.25. The van der Waals surface area contributed by atoms with Gasteiger partial charge in [0.2, 0.25) is 0 Å². The second-order valence-electron chi connectivity index (χ2n) is 4.61. The smallest absolute Gasteiger partial charge is 0.327 e. The van der Waals surface area contributed by atoms with Crippen LogP contribution in [0.25, 0.3) is 0 Å². The van der Waals surface area contributed by atoms with Gasteiger partial charge in [-0.2, -0.15) is 5.10 Å². The molecule has 8 heteroatoms. The molecular formula is C12H17ClN4O3. The van der Waals surface area contributed by atoms with Crippen LogP contribution in [-0.4, -0.2) is 42.0 Å². The molecule has 1 unspecified atom stereocenters. The van der Waals surface area contributed by atoms with Crippen LogP contribution >= 0.6 is 11.6 Å². The minimum absolute atomic E-state index is 0.0595. The average Bonchev–Trinajstić information content (AvgIpc) is 2.92. The molecule has 0 bridgehead atoms. The Morgan fingerprint density at radius 1 is 1.65 bits per heavy atom. The van der Waals surface area contributed by atoms with Gasteiger partial charge in [0, 0.05) is 19.1 Å². The molecule has 1 aromatic rings. The van der Waals surface area contributed by atoms with Gasteiger partial charge in [-0.05, 0) is 12.8 Å². The Balaban J connectivity index is 2.31. The lowest BCUT2D eigenvalue weighted by molar-refractivity contribution is -0.141. The molecule has 2 N–H and O–H groups in total. The topological polar surface area (TPSA) is 90.5 Å². The molecule has 1 aliphatic rings. The van der Waals surface area contributed by atoms with Gasteiger partial charge in [0.25, 0.3) is 5.56 Å². The summed E-state index contributed by atoms with van der Waals surface area (Å²) in [6.45, 7) is 1.04. The lowest BCUT2D eigenvalue weighted by atomic mass is 10.2. The number of carbonyl (C=O) groups excluding carboxylic acids is 1. The van der Waals surface area contributed by atoms with Crippen molar-refractivity contribution in [1.29, 1.82) is 0 Å². The average molecular weight is 301 g/mol. The first-order chi connectivity index (χ1) is 9.58. The first-order valence-electron chi connectivity index (χ1n) is 6.37. The standard InChI is InChI=1S/C12H17ClN4O3/c1-20-10(18)7-17-12(19)11(13)9(6-15-17)16-4-2-3-8(16)5-14/h6,8H,2-5,7,14H2,1H3. The molecule has 0 saturated carbocycles. The van der Waals surface area contributed by atoms with Gasteiger partial charge in [-0.25, -0.2) is 4.68 Å². The zero-order valence-corrected chi connectivity index (χ0v) is 12.0. The third kappa shape index (κ3) is 2.78. The van der Waals surface area contributed by atoms with Gasteiger partial charge >= 0.3 is 5.97 Å². The van der Waals surface area contributed by atoms with Crippen molar-refractivity contribution in [3.05, 3.63) is 21.6 Å². The highest BCUT2D eigenvalue weighted by Crippen LogP contribution is 2.28. The van der Waals surface area contributed by atoms with E-state index in [2.05, 4.69) is 9.84 Å². The van der Waals surface area contributed by atoms with Crippen molar-refractivity contribution in [2.75, 3.05) is 25.1 Å². The third-order valence-electron chi connectivity index (χ3n) is 3.43. The second kappa shape index (κ2) is 6.23. The molecule has 0 aromatic carbocycles. The molecule has 2 rings (SSSR count). The van der Waals surface area contributed by atoms with Crippen molar-refractivity contribution >= 4 is 23.3 Å². The summed E-state index contributed by atoms with van der Waals surface area (Å²) in [5.74, 6) is -0.551. The Morgan fingerprint density at radius 2 is 2.40 bits per heavy atom. The summed E-state index contributed by atoms with van der Waals surface area (Å²) in [6.07, 6.45) is 3.47. The molecule has 1 aliphatic heterocycles. The maximum Gasteiger partial charge on any atom is 0.327 e. The van der Waals surface area contributed by atoms with Crippen LogP contribution < -0.4 is 16.2 Å². The summed E-state index contributed by atoms with van der Waals surface area (Å²) < 4.78 is 5.50. The number of methoxy groups -OCH3 is 1. The van der Waals surface area contributed by atoms with Gasteiger partial charge in [0.1, 0.15) is 11.6 Å². The molecule has 7 nitrogen and oxygen atoms in total. The number of halogens is 1. The molecule has 0 spiro atoms. The Kier molecular flexibility index (Phi) is 4.61. The van der Waals surface area contributed by atoms with E-state index in [-0.39, 0.29) is 17.6 Å². The first kappa shape index (κ1) is 14.8. The third-order valence-corrected chi connectivity index (χ3v) is 3.79. The Hall–Kier alpha value is -1.60. The molecule has 20 heavy (non-hydrogen) atoms. The summed E-state index contributed by atoms with van der Waals surface area (Å²) in [4.78, 5) is 25.3. The van der Waals surface area contributed by atoms with Crippen molar-refractivity contribution in [1.82, 2.24) is 9.78 Å². The SMILES string of the molecule is COC(=O)Cn1ncc(N2CCCC2CN)c(Cl)c1=O. The number of anilines is 1. The number of nitrogens with two attached hydrogens (primary N) is 1. The lowest BCUT2D eigenvalue weighted by Crippen LogP contribution is -2.37. The quantitative estimate of drug-likeness (QED) is 0.787. The number of aromatic nitrogens is 2. The van der Waals surface area contributed by atoms with E-state index in [1.807, 2.05) is 4.90 Å². The van der Waals surface area contributed by atoms with E-state index in [4.69, 9.17) is 17.3 Å². The Labute approximate surface area is 121 Å². The summed E-state index contributed by atoms with van der Waals surface area (Å²) >= 11 is 6.12. The van der Waals surface area contributed by atoms with Gasteiger partial charge in [0.15, 0.2) is 0 Å². The maximum absolute atomic E-state index is 12.1. The second-order valence-corrected chi connectivity index (χ2v) is 4.99. The summed E-state index contributed by atoms with van der Waals surface area (Å²) in [6, 6.07) is 0.171. The molecular weight excluding hydrogens is 284 g/mol. The number of carbonyl (C=O) groups is 1. The molecule has 0 aliphatic carbocycles. The minimum atomic E-state index is -0.551. The van der Waals surface area contributed by atoms with Gasteiger partial charge in [-0.3, -0.25) is 9.59 Å². The van der Waals surface area contributed by atoms with E-state index in [0.717, 1.165) is 24.1 Å². The normalized spacial score (nSPS) is 18.4. The van der Waals surface area contributed by atoms with E-state index in [1.54, 1.807) is 0 Å². The van der Waals surface area contributed by atoms with Crippen molar-refractivity contribution in [3.63, 3.8) is 0 Å². The predicted molar refractivity (Wildman–Crippen MR) is 74.9 cm³/mol. The molecule has 1 aromatic heterocycles. The molecule has 1 fully saturated rings. The zero-order valence-electron chi connectivity index (χ0n) is 11.2. The predicted octanol–water partition coefficient (Wildman–Crippen LogP) is -0.00280. The van der Waals surface area contributed by atoms with Crippen molar-refractivity contribution in [3.8, 4) is 0 Å². The van der Waals surface area contributed by atoms with Crippen LogP contribution in [-0.2, 0) is 16.1 Å². The fraction of sp³-hybridized carbons (Fsp3) is 0.583. The largest absolute Gasteiger partial charge is 0.468 e. The number of rotatable bonds is 4. The van der Waals surface area contributed by atoms with Crippen molar-refractivity contribution in [2.24, 2.45) is 5.73 Å². The molecule has 0 amide bonds. The van der Waals surface area contributed by atoms with Crippen LogP contribution in [0.4, 0.5) is 5.69 Å². The molecule has 1 atom stereocenters. The molecule has 1 saturated heterocycles. The van der Waals surface area contributed by atoms with E-state index in [1.165, 1.54) is 13.3 Å². The number of hydrogen-bond acceptors (Lipinski definition) is 6. The van der Waals surface area contributed by atoms with Gasteiger partial charge in [0.05, 0.1) is 19.0 Å². The van der Waals surface area contributed by atoms with E-state index < -0.39 is 11.5 Å². The van der Waals surface area contributed by atoms with Gasteiger partial charge < -0.3 is 15.4 Å². The summed E-state index contributed by atoms with van der Waals surface area (Å²) in [5, 5.41) is 4.04. The number of hydrogen-bond donors (Lipinski definition) is 1. The molecule has 2 heterocycles. The maximum atomic E-state index is 12.1. The Bertz CT molecular complexity index is 560. The van der Waals surface area contributed by atoms with E-state index >= 15 is 0 Å². The number of ether oxygens (including phenoxy) is 1. The molecule has 0 radical (unpaired) electrons. The van der Waals surface area contributed by atoms with Crippen LogP contribution in [0, 0.1) is 0 Å². The van der Waals surface area contributed by atoms with Crippen LogP contribution in [0.3, 0.4) is 0 Å². The zero-order chi connectivity index (χ0) is 14.7. The fourth-order valence-electron chi connectivity index (χ4n) is 2.35. The van der Waals surface area contributed by atoms with Crippen LogP contribution in [0.15, 0.2) is 11.0 Å². The van der Waals surface area contributed by atoms with Gasteiger partial charge in [-0.1, -0.05) is 11.6 Å². The van der Waals surface area contributed by atoms with Crippen LogP contribution in [0.1, 0.15) is 12.8 Å². The number of nitrogens with zero attached hydrogens (tertiary/aromatic N) is 3. The van der Waals surface area contributed by atoms with Crippen LogP contribution in [0.2, 0.25) is 5.02 Å². The minimum Gasteiger partial charge on any atom is -0.468 e. The summed E-state index contributed by atoms with van der Waals surface area (Å²) in [5.41, 5.74) is 5.79. The Morgan fingerprint density at radius 3 is 3.05 bits per heavy atom. The monoisotopic (exact) mass is 300 g/mol. The molecule has 110 valence electrons.